The van der Waals surface area contributed by atoms with Crippen LogP contribution in [0.1, 0.15) is 18.5 Å². The minimum Gasteiger partial charge on any atom is -0.463 e. The molecule has 5 nitrogen and oxygen atoms in total. The zero-order valence-electron chi connectivity index (χ0n) is 12.0. The molecule has 110 valence electrons. The normalized spacial score (nSPS) is 20.0. The van der Waals surface area contributed by atoms with Crippen LogP contribution in [0.15, 0.2) is 40.3 Å². The predicted molar refractivity (Wildman–Crippen MR) is 87.9 cm³/mol. The van der Waals surface area contributed by atoms with Crippen molar-refractivity contribution in [3.63, 3.8) is 0 Å². The summed E-state index contributed by atoms with van der Waals surface area (Å²) in [5.74, 6) is 0. The van der Waals surface area contributed by atoms with Gasteiger partial charge in [0, 0.05) is 0 Å². The quantitative estimate of drug-likeness (QED) is 0.861. The van der Waals surface area contributed by atoms with Crippen LogP contribution >= 0.6 is 12.2 Å². The molecule has 0 amide bonds. The molecule has 0 saturated carbocycles. The second kappa shape index (κ2) is 6.22. The largest absolute Gasteiger partial charge is 0.463 e. The van der Waals surface area contributed by atoms with Crippen molar-refractivity contribution in [3.05, 3.63) is 35.9 Å². The van der Waals surface area contributed by atoms with Gasteiger partial charge in [-0.3, -0.25) is 9.89 Å². The first kappa shape index (κ1) is 14.0. The Labute approximate surface area is 129 Å². The molecule has 1 N–H and O–H groups in total. The van der Waals surface area contributed by atoms with Crippen LogP contribution in [0.2, 0.25) is 0 Å². The molecule has 3 rings (SSSR count). The number of nitrogens with one attached hydrogen (secondary N) is 1. The van der Waals surface area contributed by atoms with Gasteiger partial charge in [-0.05, 0) is 24.7 Å². The van der Waals surface area contributed by atoms with E-state index in [2.05, 4.69) is 34.4 Å². The Hall–Kier alpha value is -1.95. The summed E-state index contributed by atoms with van der Waals surface area (Å²) in [5.41, 5.74) is 2.32. The topological polar surface area (TPSA) is 49.2 Å². The minimum absolute atomic E-state index is 0.0393. The van der Waals surface area contributed by atoms with Crippen LogP contribution in [-0.2, 0) is 4.74 Å². The highest BCUT2D eigenvalue weighted by atomic mass is 32.1. The predicted octanol–water partition coefficient (Wildman–Crippen LogP) is 1.76. The second-order valence-electron chi connectivity index (χ2n) is 5.04. The maximum atomic E-state index is 5.62. The summed E-state index contributed by atoms with van der Waals surface area (Å²) in [6.07, 6.45) is 0. The van der Waals surface area contributed by atoms with E-state index >= 15 is 0 Å². The van der Waals surface area contributed by atoms with E-state index in [1.807, 2.05) is 23.1 Å². The summed E-state index contributed by atoms with van der Waals surface area (Å²) in [5, 5.41) is 3.85. The Morgan fingerprint density at radius 3 is 2.95 bits per heavy atom. The first-order chi connectivity index (χ1) is 10.2. The first-order valence-electron chi connectivity index (χ1n) is 7.07. The molecule has 0 aromatic heterocycles. The summed E-state index contributed by atoms with van der Waals surface area (Å²) in [6, 6.07) is 10.8. The molecule has 2 heterocycles. The van der Waals surface area contributed by atoms with E-state index in [0.29, 0.717) is 17.7 Å². The van der Waals surface area contributed by atoms with E-state index in [0.717, 1.165) is 30.9 Å². The van der Waals surface area contributed by atoms with Gasteiger partial charge in [0.2, 0.25) is 0 Å². The van der Waals surface area contributed by atoms with E-state index in [1.54, 1.807) is 0 Å². The molecule has 0 aliphatic carbocycles. The van der Waals surface area contributed by atoms with E-state index < -0.39 is 0 Å². The standard InChI is InChI=1S/C15H18N4OS/c1-11(12-5-3-2-4-6-12)18-14-19(7-8-20-14)15(21)17-10-13-9-16-13/h2-6,11H,7-10H2,1H3,(H,17,21)/t11-/m0/s1. The van der Waals surface area contributed by atoms with Gasteiger partial charge in [-0.15, -0.1) is 0 Å². The number of thiocarbonyl (C=S) groups is 1. The van der Waals surface area contributed by atoms with Gasteiger partial charge in [-0.2, -0.15) is 0 Å². The third-order valence-corrected chi connectivity index (χ3v) is 3.80. The van der Waals surface area contributed by atoms with Crippen molar-refractivity contribution in [2.75, 3.05) is 26.2 Å². The van der Waals surface area contributed by atoms with Gasteiger partial charge in [-0.25, -0.2) is 4.99 Å². The van der Waals surface area contributed by atoms with E-state index in [4.69, 9.17) is 17.0 Å². The molecule has 1 atom stereocenters. The fraction of sp³-hybridized carbons (Fsp3) is 0.400. The van der Waals surface area contributed by atoms with Crippen LogP contribution in [0.4, 0.5) is 0 Å². The molecular formula is C15H18N4OS. The van der Waals surface area contributed by atoms with Crippen molar-refractivity contribution < 1.29 is 4.74 Å². The Morgan fingerprint density at radius 2 is 2.24 bits per heavy atom. The van der Waals surface area contributed by atoms with Crippen molar-refractivity contribution in [2.45, 2.75) is 13.0 Å². The Kier molecular flexibility index (Phi) is 4.15. The average molecular weight is 302 g/mol. The van der Waals surface area contributed by atoms with Crippen LogP contribution in [0.3, 0.4) is 0 Å². The molecule has 0 unspecified atom stereocenters. The highest BCUT2D eigenvalue weighted by Gasteiger charge is 2.25. The molecule has 1 fully saturated rings. The lowest BCUT2D eigenvalue weighted by atomic mass is 10.1. The van der Waals surface area contributed by atoms with Crippen molar-refractivity contribution >= 4 is 29.1 Å². The molecule has 2 aliphatic heterocycles. The number of ether oxygens (including phenoxy) is 1. The van der Waals surface area contributed by atoms with Gasteiger partial charge in [-0.1, -0.05) is 30.3 Å². The van der Waals surface area contributed by atoms with Crippen molar-refractivity contribution in [3.8, 4) is 0 Å². The maximum Gasteiger partial charge on any atom is 0.294 e. The van der Waals surface area contributed by atoms with Crippen LogP contribution in [0.25, 0.3) is 0 Å². The highest BCUT2D eigenvalue weighted by molar-refractivity contribution is 7.80. The lowest BCUT2D eigenvalue weighted by Crippen LogP contribution is -2.42. The van der Waals surface area contributed by atoms with Gasteiger partial charge in [0.05, 0.1) is 31.4 Å². The molecule has 0 spiro atoms. The van der Waals surface area contributed by atoms with Crippen molar-refractivity contribution in [1.82, 2.24) is 10.2 Å². The number of aliphatic imine (C=N–C) groups is 2. The third-order valence-electron chi connectivity index (χ3n) is 3.43. The van der Waals surface area contributed by atoms with E-state index in [1.165, 1.54) is 0 Å². The third kappa shape index (κ3) is 3.58. The van der Waals surface area contributed by atoms with Gasteiger partial charge < -0.3 is 10.1 Å². The molecule has 1 aromatic carbocycles. The smallest absolute Gasteiger partial charge is 0.294 e. The second-order valence-corrected chi connectivity index (χ2v) is 5.43. The van der Waals surface area contributed by atoms with Crippen LogP contribution in [0.5, 0.6) is 0 Å². The van der Waals surface area contributed by atoms with Gasteiger partial charge in [0.1, 0.15) is 6.61 Å². The Balaban J connectivity index is 1.66. The Morgan fingerprint density at radius 1 is 1.48 bits per heavy atom. The number of nitrogens with zero attached hydrogens (tertiary/aromatic N) is 3. The summed E-state index contributed by atoms with van der Waals surface area (Å²) < 4.78 is 5.62. The van der Waals surface area contributed by atoms with Crippen molar-refractivity contribution in [1.29, 1.82) is 0 Å². The SMILES string of the molecule is C[C@H](N=C1OCCN1C(=S)NCC1=NC1)c1ccccc1. The molecule has 1 aromatic rings. The first-order valence-corrected chi connectivity index (χ1v) is 7.48. The van der Waals surface area contributed by atoms with Gasteiger partial charge in [0.25, 0.3) is 6.02 Å². The lowest BCUT2D eigenvalue weighted by molar-refractivity contribution is 0.349. The average Bonchev–Trinajstić information content (AvgIpc) is 3.23. The number of benzene rings is 1. The summed E-state index contributed by atoms with van der Waals surface area (Å²) >= 11 is 5.41. The lowest BCUT2D eigenvalue weighted by Gasteiger charge is -2.18. The van der Waals surface area contributed by atoms with Crippen molar-refractivity contribution in [2.24, 2.45) is 9.98 Å². The number of hydrogen-bond donors (Lipinski definition) is 1. The fourth-order valence-corrected chi connectivity index (χ4v) is 2.35. The summed E-state index contributed by atoms with van der Waals surface area (Å²) in [6.45, 7) is 4.98. The molecule has 0 bridgehead atoms. The molecule has 21 heavy (non-hydrogen) atoms. The molecule has 0 radical (unpaired) electrons. The minimum atomic E-state index is 0.0393. The van der Waals surface area contributed by atoms with Gasteiger partial charge >= 0.3 is 0 Å². The molecule has 2 aliphatic rings. The summed E-state index contributed by atoms with van der Waals surface area (Å²) in [7, 11) is 0. The number of hydrogen-bond acceptors (Lipinski definition) is 4. The fourth-order valence-electron chi connectivity index (χ4n) is 2.11. The summed E-state index contributed by atoms with van der Waals surface area (Å²) in [4.78, 5) is 10.7. The number of amidine groups is 1. The molecular weight excluding hydrogens is 284 g/mol. The number of rotatable bonds is 4. The highest BCUT2D eigenvalue weighted by Crippen LogP contribution is 2.18. The van der Waals surface area contributed by atoms with Gasteiger partial charge in [0.15, 0.2) is 5.11 Å². The van der Waals surface area contributed by atoms with E-state index in [-0.39, 0.29) is 6.04 Å². The zero-order chi connectivity index (χ0) is 14.7. The van der Waals surface area contributed by atoms with Crippen LogP contribution in [-0.4, -0.2) is 48.0 Å². The Bertz CT molecular complexity index is 585. The zero-order valence-corrected chi connectivity index (χ0v) is 12.8. The van der Waals surface area contributed by atoms with Crippen LogP contribution in [0, 0.1) is 0 Å². The van der Waals surface area contributed by atoms with Crippen LogP contribution < -0.4 is 5.32 Å². The molecule has 6 heteroatoms. The molecule has 1 saturated heterocycles. The van der Waals surface area contributed by atoms with E-state index in [9.17, 15) is 0 Å². The monoisotopic (exact) mass is 302 g/mol. The maximum absolute atomic E-state index is 5.62.